The molecule has 6 rings (SSSR count). The zero-order chi connectivity index (χ0) is 30.7. The smallest absolute Gasteiger partial charge is 0.143 e. The van der Waals surface area contributed by atoms with Crippen molar-refractivity contribution in [2.24, 2.45) is 0 Å². The van der Waals surface area contributed by atoms with E-state index in [0.29, 0.717) is 5.75 Å². The number of aromatic nitrogens is 3. The van der Waals surface area contributed by atoms with Gasteiger partial charge in [-0.15, -0.1) is 35.4 Å². The van der Waals surface area contributed by atoms with Gasteiger partial charge in [-0.2, -0.15) is 0 Å². The molecular weight excluding hydrogens is 722 g/mol. The van der Waals surface area contributed by atoms with Gasteiger partial charge in [-0.25, -0.2) is 0 Å². The average Bonchev–Trinajstić information content (AvgIpc) is 3.30. The van der Waals surface area contributed by atoms with Gasteiger partial charge in [0.2, 0.25) is 0 Å². The Bertz CT molecular complexity index is 1980. The van der Waals surface area contributed by atoms with Crippen LogP contribution in [0.5, 0.6) is 5.75 Å². The van der Waals surface area contributed by atoms with Gasteiger partial charge in [0.15, 0.2) is 0 Å². The molecule has 0 amide bonds. The average molecular weight is 762 g/mol. The van der Waals surface area contributed by atoms with Crippen molar-refractivity contribution < 1.29 is 26.2 Å². The molecule has 0 spiro atoms. The topological polar surface area (TPSA) is 50.9 Å². The van der Waals surface area contributed by atoms with Crippen LogP contribution < -0.4 is 0 Å². The van der Waals surface area contributed by atoms with Crippen molar-refractivity contribution in [2.45, 2.75) is 71.6 Å². The van der Waals surface area contributed by atoms with E-state index in [9.17, 15) is 5.11 Å². The first-order chi connectivity index (χ1) is 20.3. The number of benzene rings is 3. The van der Waals surface area contributed by atoms with E-state index in [-0.39, 0.29) is 37.3 Å². The molecule has 5 heteroatoms. The number of phenolic OH excluding ortho intramolecular Hbond substituents is 1. The summed E-state index contributed by atoms with van der Waals surface area (Å²) in [5.74, 6) is 0.293. The van der Waals surface area contributed by atoms with E-state index >= 15 is 0 Å². The van der Waals surface area contributed by atoms with Gasteiger partial charge in [0.25, 0.3) is 0 Å². The Morgan fingerprint density at radius 1 is 0.727 bits per heavy atom. The van der Waals surface area contributed by atoms with E-state index in [0.717, 1.165) is 55.7 Å². The summed E-state index contributed by atoms with van der Waals surface area (Å²) in [5.41, 5.74) is 7.80. The standard InChI is InChI=1S/C39H40N3O.Pt/c1-37(2,3)27-23-30(38(4,5)6)35(43)33(24-27)42-32-17-10-9-16-28(32)29-19-20-31(41-36(29)42)25-14-13-15-26(22-25)39(7,8)34-18-11-12-21-40-34;/h9-21,23-24,43H,1-8H3;/q-1;. The molecule has 3 heterocycles. The predicted molar refractivity (Wildman–Crippen MR) is 178 cm³/mol. The number of fused-ring (bicyclic) bond motifs is 3. The van der Waals surface area contributed by atoms with Crippen molar-refractivity contribution in [2.75, 3.05) is 0 Å². The van der Waals surface area contributed by atoms with E-state index in [1.54, 1.807) is 0 Å². The van der Waals surface area contributed by atoms with Crippen molar-refractivity contribution >= 4 is 21.9 Å². The fraction of sp³-hybridized carbons (Fsp3) is 0.282. The number of hydrogen-bond donors (Lipinski definition) is 1. The maximum atomic E-state index is 11.9. The Morgan fingerprint density at radius 2 is 1.45 bits per heavy atom. The van der Waals surface area contributed by atoms with E-state index in [4.69, 9.17) is 4.98 Å². The van der Waals surface area contributed by atoms with Crippen molar-refractivity contribution in [1.82, 2.24) is 14.5 Å². The van der Waals surface area contributed by atoms with Crippen molar-refractivity contribution in [3.63, 3.8) is 0 Å². The molecule has 228 valence electrons. The molecule has 0 bridgehead atoms. The van der Waals surface area contributed by atoms with E-state index in [1.807, 2.05) is 24.4 Å². The normalized spacial score (nSPS) is 12.5. The van der Waals surface area contributed by atoms with Gasteiger partial charge in [-0.3, -0.25) is 14.5 Å². The third kappa shape index (κ3) is 5.50. The first-order valence-electron chi connectivity index (χ1n) is 15.0. The van der Waals surface area contributed by atoms with Gasteiger partial charge in [-0.1, -0.05) is 97.9 Å². The predicted octanol–water partition coefficient (Wildman–Crippen LogP) is 9.66. The van der Waals surface area contributed by atoms with Gasteiger partial charge in [-0.05, 0) is 46.4 Å². The molecule has 6 aromatic rings. The molecule has 0 atom stereocenters. The minimum atomic E-state index is -0.321. The molecule has 0 unspecified atom stereocenters. The number of rotatable bonds is 4. The molecule has 4 nitrogen and oxygen atoms in total. The minimum absolute atomic E-state index is 0. The Hall–Kier alpha value is -3.75. The maximum Gasteiger partial charge on any atom is 0.143 e. The Kier molecular flexibility index (Phi) is 8.14. The van der Waals surface area contributed by atoms with Crippen LogP contribution in [0.15, 0.2) is 91.1 Å². The van der Waals surface area contributed by atoms with Crippen LogP contribution in [0.3, 0.4) is 0 Å². The quantitative estimate of drug-likeness (QED) is 0.182. The molecule has 44 heavy (non-hydrogen) atoms. The zero-order valence-electron chi connectivity index (χ0n) is 26.8. The third-order valence-corrected chi connectivity index (χ3v) is 8.58. The van der Waals surface area contributed by atoms with Crippen LogP contribution in [0.1, 0.15) is 77.8 Å². The van der Waals surface area contributed by atoms with Crippen LogP contribution in [0.2, 0.25) is 0 Å². The van der Waals surface area contributed by atoms with Gasteiger partial charge >= 0.3 is 0 Å². The molecule has 1 N–H and O–H groups in total. The van der Waals surface area contributed by atoms with Crippen LogP contribution in [-0.2, 0) is 37.3 Å². The summed E-state index contributed by atoms with van der Waals surface area (Å²) in [5, 5.41) is 14.0. The molecule has 0 fully saturated rings. The maximum absolute atomic E-state index is 11.9. The van der Waals surface area contributed by atoms with Crippen molar-refractivity contribution in [3.05, 3.63) is 120 Å². The fourth-order valence-electron chi connectivity index (χ4n) is 5.88. The summed E-state index contributed by atoms with van der Waals surface area (Å²) >= 11 is 0. The third-order valence-electron chi connectivity index (χ3n) is 8.58. The minimum Gasteiger partial charge on any atom is -0.505 e. The molecule has 0 saturated heterocycles. The summed E-state index contributed by atoms with van der Waals surface area (Å²) in [6.07, 6.45) is 1.84. The molecular formula is C39H40N3OPt-. The second-order valence-corrected chi connectivity index (χ2v) is 14.1. The zero-order valence-corrected chi connectivity index (χ0v) is 29.0. The van der Waals surface area contributed by atoms with Crippen LogP contribution in [0.25, 0.3) is 38.9 Å². The van der Waals surface area contributed by atoms with Gasteiger partial charge in [0.1, 0.15) is 11.4 Å². The Balaban J connectivity index is 0.00000384. The van der Waals surface area contributed by atoms with Crippen molar-refractivity contribution in [1.29, 1.82) is 0 Å². The van der Waals surface area contributed by atoms with Crippen LogP contribution in [0, 0.1) is 6.07 Å². The van der Waals surface area contributed by atoms with Gasteiger partial charge in [0, 0.05) is 54.7 Å². The number of pyridine rings is 2. The SMILES string of the molecule is CC(C)(C)c1cc(-n2c3ccccc3c3ccc(-c4[c-]c(C(C)(C)c5ccccn5)ccc4)nc32)c(O)c(C(C)(C)C)c1.[Pt]. The van der Waals surface area contributed by atoms with Gasteiger partial charge < -0.3 is 5.11 Å². The summed E-state index contributed by atoms with van der Waals surface area (Å²) in [6.45, 7) is 17.4. The number of hydrogen-bond acceptors (Lipinski definition) is 3. The Labute approximate surface area is 275 Å². The monoisotopic (exact) mass is 761 g/mol. The number of phenols is 1. The first-order valence-corrected chi connectivity index (χ1v) is 15.0. The molecule has 0 saturated carbocycles. The second-order valence-electron chi connectivity index (χ2n) is 14.1. The first kappa shape index (κ1) is 31.7. The van der Waals surface area contributed by atoms with E-state index in [2.05, 4.69) is 138 Å². The van der Waals surface area contributed by atoms with Crippen LogP contribution >= 0.6 is 0 Å². The molecule has 0 aliphatic heterocycles. The van der Waals surface area contributed by atoms with E-state index in [1.165, 1.54) is 5.56 Å². The largest absolute Gasteiger partial charge is 0.505 e. The summed E-state index contributed by atoms with van der Waals surface area (Å²) in [4.78, 5) is 9.92. The molecule has 3 aromatic heterocycles. The molecule has 0 aliphatic carbocycles. The summed E-state index contributed by atoms with van der Waals surface area (Å²) in [7, 11) is 0. The molecule has 3 aromatic carbocycles. The van der Waals surface area contributed by atoms with Crippen molar-refractivity contribution in [3.8, 4) is 22.7 Å². The second kappa shape index (κ2) is 11.3. The summed E-state index contributed by atoms with van der Waals surface area (Å²) in [6, 6.07) is 32.8. The molecule has 0 radical (unpaired) electrons. The summed E-state index contributed by atoms with van der Waals surface area (Å²) < 4.78 is 2.13. The molecule has 0 aliphatic rings. The number of nitrogens with zero attached hydrogens (tertiary/aromatic N) is 3. The van der Waals surface area contributed by atoms with E-state index < -0.39 is 0 Å². The fourth-order valence-corrected chi connectivity index (χ4v) is 5.88. The Morgan fingerprint density at radius 3 is 2.14 bits per heavy atom. The number of para-hydroxylation sites is 1. The number of aromatic hydroxyl groups is 1. The van der Waals surface area contributed by atoms with Gasteiger partial charge in [0.05, 0.1) is 11.2 Å². The van der Waals surface area contributed by atoms with Crippen LogP contribution in [0.4, 0.5) is 0 Å². The van der Waals surface area contributed by atoms with Crippen LogP contribution in [-0.4, -0.2) is 19.6 Å².